The number of aromatic nitrogens is 1. The summed E-state index contributed by atoms with van der Waals surface area (Å²) in [4.78, 5) is 23.1. The van der Waals surface area contributed by atoms with Crippen LogP contribution in [-0.2, 0) is 14.3 Å². The van der Waals surface area contributed by atoms with E-state index in [2.05, 4.69) is 14.4 Å². The van der Waals surface area contributed by atoms with E-state index in [1.165, 1.54) is 7.11 Å². The van der Waals surface area contributed by atoms with Crippen molar-refractivity contribution in [3.05, 3.63) is 10.2 Å². The number of carbonyl (C=O) groups excluding carboxylic acids is 2. The second-order valence-corrected chi connectivity index (χ2v) is 5.01. The molecular formula is C10H12Cl2N2O3S. The number of esters is 1. The Bertz CT molecular complexity index is 450. The number of hydrogen-bond acceptors (Lipinski definition) is 5. The molecule has 0 aliphatic heterocycles. The highest BCUT2D eigenvalue weighted by atomic mass is 35.5. The first-order chi connectivity index (χ1) is 8.49. The first-order valence-corrected chi connectivity index (χ1v) is 6.70. The predicted molar refractivity (Wildman–Crippen MR) is 71.2 cm³/mol. The molecule has 0 saturated heterocycles. The minimum atomic E-state index is -0.461. The first kappa shape index (κ1) is 15.2. The van der Waals surface area contributed by atoms with Gasteiger partial charge >= 0.3 is 5.97 Å². The number of halogens is 2. The number of ether oxygens (including phenoxy) is 1. The van der Waals surface area contributed by atoms with E-state index in [1.807, 2.05) is 6.92 Å². The summed E-state index contributed by atoms with van der Waals surface area (Å²) < 4.78 is 8.39. The van der Waals surface area contributed by atoms with Gasteiger partial charge < -0.3 is 10.1 Å². The van der Waals surface area contributed by atoms with Crippen LogP contribution in [0.4, 0.5) is 5.00 Å². The summed E-state index contributed by atoms with van der Waals surface area (Å²) in [5.74, 6) is -1.19. The molecule has 1 aromatic rings. The Hall–Kier alpha value is -0.850. The molecule has 0 radical (unpaired) electrons. The second kappa shape index (κ2) is 6.92. The fourth-order valence-electron chi connectivity index (χ4n) is 1.30. The van der Waals surface area contributed by atoms with Gasteiger partial charge in [-0.3, -0.25) is 9.59 Å². The van der Waals surface area contributed by atoms with Crippen molar-refractivity contribution in [2.24, 2.45) is 5.92 Å². The normalized spacial score (nSPS) is 12.0. The third-order valence-electron chi connectivity index (χ3n) is 2.31. The Kier molecular flexibility index (Phi) is 5.84. The van der Waals surface area contributed by atoms with Gasteiger partial charge in [-0.05, 0) is 18.0 Å². The highest BCUT2D eigenvalue weighted by molar-refractivity contribution is 7.11. The number of amides is 1. The monoisotopic (exact) mass is 310 g/mol. The average molecular weight is 311 g/mol. The van der Waals surface area contributed by atoms with Gasteiger partial charge in [0.15, 0.2) is 5.15 Å². The Morgan fingerprint density at radius 3 is 2.61 bits per heavy atom. The lowest BCUT2D eigenvalue weighted by Crippen LogP contribution is -2.22. The zero-order chi connectivity index (χ0) is 13.7. The van der Waals surface area contributed by atoms with Crippen molar-refractivity contribution in [2.45, 2.75) is 19.8 Å². The van der Waals surface area contributed by atoms with E-state index >= 15 is 0 Å². The molecule has 0 aromatic carbocycles. The van der Waals surface area contributed by atoms with Gasteiger partial charge in [0.05, 0.1) is 13.0 Å². The fourth-order valence-corrected chi connectivity index (χ4v) is 2.40. The topological polar surface area (TPSA) is 68.3 Å². The number of nitrogens with zero attached hydrogens (tertiary/aromatic N) is 1. The van der Waals surface area contributed by atoms with E-state index in [0.29, 0.717) is 11.4 Å². The van der Waals surface area contributed by atoms with Crippen LogP contribution in [0.3, 0.4) is 0 Å². The van der Waals surface area contributed by atoms with E-state index in [4.69, 9.17) is 23.2 Å². The van der Waals surface area contributed by atoms with Crippen LogP contribution in [0.1, 0.15) is 19.8 Å². The Labute approximate surface area is 119 Å². The molecular weight excluding hydrogens is 299 g/mol. The van der Waals surface area contributed by atoms with Crippen LogP contribution in [-0.4, -0.2) is 23.4 Å². The second-order valence-electron chi connectivity index (χ2n) is 3.50. The van der Waals surface area contributed by atoms with Gasteiger partial charge in [-0.1, -0.05) is 30.1 Å². The SMILES string of the molecule is CCC(CC(=O)Nc1snc(Cl)c1Cl)C(=O)OC. The van der Waals surface area contributed by atoms with Gasteiger partial charge in [0.25, 0.3) is 0 Å². The number of hydrogen-bond donors (Lipinski definition) is 1. The molecule has 1 unspecified atom stereocenters. The minimum Gasteiger partial charge on any atom is -0.469 e. The third kappa shape index (κ3) is 3.83. The summed E-state index contributed by atoms with van der Waals surface area (Å²) in [5, 5.41) is 3.31. The summed E-state index contributed by atoms with van der Waals surface area (Å²) in [7, 11) is 1.29. The number of nitrogens with one attached hydrogen (secondary N) is 1. The summed E-state index contributed by atoms with van der Waals surface area (Å²) in [6.07, 6.45) is 0.562. The molecule has 1 aromatic heterocycles. The molecule has 100 valence electrons. The lowest BCUT2D eigenvalue weighted by Gasteiger charge is -2.11. The van der Waals surface area contributed by atoms with Crippen molar-refractivity contribution in [3.63, 3.8) is 0 Å². The Balaban J connectivity index is 2.61. The highest BCUT2D eigenvalue weighted by Gasteiger charge is 2.22. The molecule has 1 atom stereocenters. The fraction of sp³-hybridized carbons (Fsp3) is 0.500. The number of carbonyl (C=O) groups is 2. The maximum Gasteiger partial charge on any atom is 0.309 e. The molecule has 0 fully saturated rings. The largest absolute Gasteiger partial charge is 0.469 e. The molecule has 0 saturated carbocycles. The third-order valence-corrected chi connectivity index (χ3v) is 4.02. The smallest absolute Gasteiger partial charge is 0.309 e. The van der Waals surface area contributed by atoms with Crippen molar-refractivity contribution >= 4 is 51.6 Å². The van der Waals surface area contributed by atoms with Crippen LogP contribution in [0.5, 0.6) is 0 Å². The van der Waals surface area contributed by atoms with E-state index in [-0.39, 0.29) is 22.5 Å². The Morgan fingerprint density at radius 2 is 2.17 bits per heavy atom. The summed E-state index contributed by atoms with van der Waals surface area (Å²) >= 11 is 12.5. The summed E-state index contributed by atoms with van der Waals surface area (Å²) in [6, 6.07) is 0. The van der Waals surface area contributed by atoms with Gasteiger partial charge in [0.1, 0.15) is 10.0 Å². The molecule has 0 aliphatic rings. The van der Waals surface area contributed by atoms with Gasteiger partial charge in [0.2, 0.25) is 5.91 Å². The molecule has 0 aliphatic carbocycles. The molecule has 0 bridgehead atoms. The molecule has 8 heteroatoms. The van der Waals surface area contributed by atoms with E-state index in [1.54, 1.807) is 0 Å². The quantitative estimate of drug-likeness (QED) is 0.849. The summed E-state index contributed by atoms with van der Waals surface area (Å²) in [6.45, 7) is 1.81. The van der Waals surface area contributed by atoms with Crippen molar-refractivity contribution in [1.82, 2.24) is 4.37 Å². The van der Waals surface area contributed by atoms with Crippen LogP contribution in [0.25, 0.3) is 0 Å². The molecule has 5 nitrogen and oxygen atoms in total. The standard InChI is InChI=1S/C10H12Cl2N2O3S/c1-3-5(10(16)17-2)4-6(15)13-9-7(11)8(12)14-18-9/h5H,3-4H2,1-2H3,(H,13,15). The lowest BCUT2D eigenvalue weighted by atomic mass is 10.0. The molecule has 1 amide bonds. The molecule has 18 heavy (non-hydrogen) atoms. The van der Waals surface area contributed by atoms with E-state index in [9.17, 15) is 9.59 Å². The maximum atomic E-state index is 11.7. The van der Waals surface area contributed by atoms with Gasteiger partial charge in [-0.25, -0.2) is 0 Å². The van der Waals surface area contributed by atoms with Crippen LogP contribution in [0.15, 0.2) is 0 Å². The average Bonchev–Trinajstić information content (AvgIpc) is 2.67. The van der Waals surface area contributed by atoms with E-state index in [0.717, 1.165) is 11.5 Å². The summed E-state index contributed by atoms with van der Waals surface area (Å²) in [5.41, 5.74) is 0. The Morgan fingerprint density at radius 1 is 1.50 bits per heavy atom. The van der Waals surface area contributed by atoms with E-state index < -0.39 is 11.9 Å². The van der Waals surface area contributed by atoms with Crippen molar-refractivity contribution in [1.29, 1.82) is 0 Å². The van der Waals surface area contributed by atoms with Crippen LogP contribution in [0, 0.1) is 5.92 Å². The zero-order valence-electron chi connectivity index (χ0n) is 9.83. The zero-order valence-corrected chi connectivity index (χ0v) is 12.2. The lowest BCUT2D eigenvalue weighted by molar-refractivity contribution is -0.147. The van der Waals surface area contributed by atoms with Crippen LogP contribution < -0.4 is 5.32 Å². The predicted octanol–water partition coefficient (Wildman–Crippen LogP) is 2.98. The number of rotatable bonds is 5. The van der Waals surface area contributed by atoms with Crippen molar-refractivity contribution in [3.8, 4) is 0 Å². The van der Waals surface area contributed by atoms with Crippen molar-refractivity contribution in [2.75, 3.05) is 12.4 Å². The first-order valence-electron chi connectivity index (χ1n) is 5.17. The van der Waals surface area contributed by atoms with Gasteiger partial charge in [-0.15, -0.1) is 0 Å². The van der Waals surface area contributed by atoms with Gasteiger partial charge in [0, 0.05) is 6.42 Å². The number of methoxy groups -OCH3 is 1. The van der Waals surface area contributed by atoms with Crippen LogP contribution in [0.2, 0.25) is 10.2 Å². The maximum absolute atomic E-state index is 11.7. The highest BCUT2D eigenvalue weighted by Crippen LogP contribution is 2.33. The molecule has 1 rings (SSSR count). The van der Waals surface area contributed by atoms with Crippen molar-refractivity contribution < 1.29 is 14.3 Å². The minimum absolute atomic E-state index is 0.0367. The molecule has 1 heterocycles. The van der Waals surface area contributed by atoms with Gasteiger partial charge in [-0.2, -0.15) is 4.37 Å². The molecule has 0 spiro atoms. The number of anilines is 1. The molecule has 1 N–H and O–H groups in total. The van der Waals surface area contributed by atoms with Crippen LogP contribution >= 0.6 is 34.7 Å².